The number of anilines is 1. The molecule has 0 aliphatic carbocycles. The maximum Gasteiger partial charge on any atom is 0.222 e. The summed E-state index contributed by atoms with van der Waals surface area (Å²) in [7, 11) is 1.70. The van der Waals surface area contributed by atoms with E-state index in [0.29, 0.717) is 11.6 Å². The fourth-order valence-corrected chi connectivity index (χ4v) is 1.61. The Labute approximate surface area is 105 Å². The lowest BCUT2D eigenvalue weighted by Crippen LogP contribution is -1.91. The van der Waals surface area contributed by atoms with Crippen molar-refractivity contribution >= 4 is 17.7 Å². The molecule has 0 atom stereocenters. The number of nitrogens with two attached hydrogens (primary N) is 2. The third-order valence-corrected chi connectivity index (χ3v) is 2.49. The van der Waals surface area contributed by atoms with E-state index in [1.807, 2.05) is 24.3 Å². The van der Waals surface area contributed by atoms with Crippen LogP contribution in [0.1, 0.15) is 5.56 Å². The van der Waals surface area contributed by atoms with E-state index in [4.69, 9.17) is 16.0 Å². The highest BCUT2D eigenvalue weighted by molar-refractivity contribution is 6.09. The molecule has 1 aromatic heterocycles. The van der Waals surface area contributed by atoms with E-state index in [-0.39, 0.29) is 0 Å². The fraction of sp³-hybridized carbons (Fsp3) is 0.0769. The molecule has 2 aromatic rings. The van der Waals surface area contributed by atoms with Crippen LogP contribution < -0.4 is 11.5 Å². The minimum absolute atomic E-state index is 0.301. The second-order valence-corrected chi connectivity index (χ2v) is 3.70. The zero-order valence-electron chi connectivity index (χ0n) is 10.00. The van der Waals surface area contributed by atoms with Crippen LogP contribution in [0.25, 0.3) is 16.8 Å². The van der Waals surface area contributed by atoms with Gasteiger partial charge in [-0.1, -0.05) is 29.4 Å². The van der Waals surface area contributed by atoms with Crippen molar-refractivity contribution < 1.29 is 4.52 Å². The van der Waals surface area contributed by atoms with Crippen LogP contribution >= 0.6 is 0 Å². The molecule has 0 aliphatic heterocycles. The van der Waals surface area contributed by atoms with Crippen LogP contribution in [-0.4, -0.2) is 18.4 Å². The Balaban J connectivity index is 2.30. The Hall–Kier alpha value is -2.56. The third kappa shape index (κ3) is 2.40. The number of hydrogen-bond acceptors (Lipinski definition) is 5. The first-order valence-corrected chi connectivity index (χ1v) is 5.41. The standard InChI is InChI=1S/C13H14N4O/c1-16-8-11(7-14)9-2-4-10(5-3-9)12-6-13(15)18-17-12/h2-8H,14-15H2,1H3. The molecule has 5 heteroatoms. The summed E-state index contributed by atoms with van der Waals surface area (Å²) in [5.74, 6) is 0.301. The molecule has 0 unspecified atom stereocenters. The molecule has 1 aromatic carbocycles. The van der Waals surface area contributed by atoms with Crippen LogP contribution in [0.2, 0.25) is 0 Å². The lowest BCUT2D eigenvalue weighted by molar-refractivity contribution is 0.439. The first kappa shape index (κ1) is 11.9. The number of allylic oxidation sites excluding steroid dienone is 1. The lowest BCUT2D eigenvalue weighted by Gasteiger charge is -2.02. The number of hydrogen-bond donors (Lipinski definition) is 2. The Morgan fingerprint density at radius 3 is 2.56 bits per heavy atom. The van der Waals surface area contributed by atoms with Gasteiger partial charge in [-0.15, -0.1) is 0 Å². The van der Waals surface area contributed by atoms with Crippen molar-refractivity contribution in [2.45, 2.75) is 0 Å². The molecule has 0 saturated carbocycles. The second-order valence-electron chi connectivity index (χ2n) is 3.70. The van der Waals surface area contributed by atoms with Gasteiger partial charge in [0.1, 0.15) is 5.69 Å². The molecule has 18 heavy (non-hydrogen) atoms. The zero-order chi connectivity index (χ0) is 13.0. The Morgan fingerprint density at radius 1 is 1.33 bits per heavy atom. The molecule has 0 amide bonds. The summed E-state index contributed by atoms with van der Waals surface area (Å²) in [4.78, 5) is 3.95. The molecular formula is C13H14N4O. The van der Waals surface area contributed by atoms with Crippen LogP contribution in [-0.2, 0) is 0 Å². The van der Waals surface area contributed by atoms with Crippen molar-refractivity contribution in [2.75, 3.05) is 12.8 Å². The largest absolute Gasteiger partial charge is 0.404 e. The quantitative estimate of drug-likeness (QED) is 0.804. The summed E-state index contributed by atoms with van der Waals surface area (Å²) >= 11 is 0. The molecule has 0 aliphatic rings. The molecule has 2 rings (SSSR count). The second kappa shape index (κ2) is 5.18. The van der Waals surface area contributed by atoms with Gasteiger partial charge in [-0.05, 0) is 5.56 Å². The highest BCUT2D eigenvalue weighted by Crippen LogP contribution is 2.22. The Morgan fingerprint density at radius 2 is 2.06 bits per heavy atom. The number of nitrogens with zero attached hydrogens (tertiary/aromatic N) is 2. The molecule has 1 heterocycles. The molecular weight excluding hydrogens is 228 g/mol. The van der Waals surface area contributed by atoms with Crippen LogP contribution in [0.5, 0.6) is 0 Å². The van der Waals surface area contributed by atoms with Gasteiger partial charge in [0.15, 0.2) is 0 Å². The highest BCUT2D eigenvalue weighted by Gasteiger charge is 2.05. The monoisotopic (exact) mass is 242 g/mol. The van der Waals surface area contributed by atoms with E-state index in [9.17, 15) is 0 Å². The van der Waals surface area contributed by atoms with Gasteiger partial charge in [0.25, 0.3) is 0 Å². The van der Waals surface area contributed by atoms with Crippen molar-refractivity contribution in [3.05, 3.63) is 42.1 Å². The predicted molar refractivity (Wildman–Crippen MR) is 72.9 cm³/mol. The first-order chi connectivity index (χ1) is 8.74. The summed E-state index contributed by atoms with van der Waals surface area (Å²) in [5.41, 5.74) is 14.5. The molecule has 0 bridgehead atoms. The number of rotatable bonds is 3. The van der Waals surface area contributed by atoms with E-state index in [2.05, 4.69) is 10.1 Å². The average Bonchev–Trinajstić information content (AvgIpc) is 2.83. The number of benzene rings is 1. The van der Waals surface area contributed by atoms with Crippen LogP contribution in [0.15, 0.2) is 46.0 Å². The summed E-state index contributed by atoms with van der Waals surface area (Å²) in [6.45, 7) is 0. The van der Waals surface area contributed by atoms with Crippen LogP contribution in [0, 0.1) is 0 Å². The predicted octanol–water partition coefficient (Wildman–Crippen LogP) is 1.92. The molecule has 0 spiro atoms. The van der Waals surface area contributed by atoms with Crippen LogP contribution in [0.3, 0.4) is 0 Å². The molecule has 5 nitrogen and oxygen atoms in total. The maximum absolute atomic E-state index is 5.55. The number of aliphatic imine (C=N–C) groups is 1. The van der Waals surface area contributed by atoms with Crippen molar-refractivity contribution in [1.82, 2.24) is 5.16 Å². The fourth-order valence-electron chi connectivity index (χ4n) is 1.61. The van der Waals surface area contributed by atoms with Crippen molar-refractivity contribution in [1.29, 1.82) is 0 Å². The highest BCUT2D eigenvalue weighted by atomic mass is 16.5. The molecule has 0 saturated heterocycles. The smallest absolute Gasteiger partial charge is 0.222 e. The minimum atomic E-state index is 0.301. The number of aromatic nitrogens is 1. The van der Waals surface area contributed by atoms with E-state index in [0.717, 1.165) is 16.7 Å². The van der Waals surface area contributed by atoms with Gasteiger partial charge in [-0.3, -0.25) is 4.99 Å². The zero-order valence-corrected chi connectivity index (χ0v) is 10.00. The summed E-state index contributed by atoms with van der Waals surface area (Å²) in [6, 6.07) is 9.43. The van der Waals surface area contributed by atoms with Gasteiger partial charge in [0.2, 0.25) is 5.88 Å². The van der Waals surface area contributed by atoms with Gasteiger partial charge in [-0.25, -0.2) is 0 Å². The van der Waals surface area contributed by atoms with Crippen molar-refractivity contribution in [3.8, 4) is 11.3 Å². The Kier molecular flexibility index (Phi) is 3.43. The van der Waals surface area contributed by atoms with Gasteiger partial charge >= 0.3 is 0 Å². The van der Waals surface area contributed by atoms with Gasteiger partial charge in [0.05, 0.1) is 0 Å². The normalized spacial score (nSPS) is 12.2. The summed E-state index contributed by atoms with van der Waals surface area (Å²) in [6.07, 6.45) is 3.24. The summed E-state index contributed by atoms with van der Waals surface area (Å²) < 4.78 is 4.83. The topological polar surface area (TPSA) is 90.4 Å². The molecule has 92 valence electrons. The van der Waals surface area contributed by atoms with E-state index < -0.39 is 0 Å². The SMILES string of the molecule is CN=CC(=CN)c1ccc(-c2cc(N)on2)cc1. The Bertz CT molecular complexity index is 581. The lowest BCUT2D eigenvalue weighted by atomic mass is 10.0. The van der Waals surface area contributed by atoms with Gasteiger partial charge < -0.3 is 16.0 Å². The van der Waals surface area contributed by atoms with Crippen LogP contribution in [0.4, 0.5) is 5.88 Å². The minimum Gasteiger partial charge on any atom is -0.404 e. The van der Waals surface area contributed by atoms with E-state index in [1.165, 1.54) is 6.20 Å². The van der Waals surface area contributed by atoms with Gasteiger partial charge in [-0.2, -0.15) is 0 Å². The average molecular weight is 242 g/mol. The van der Waals surface area contributed by atoms with E-state index in [1.54, 1.807) is 19.3 Å². The summed E-state index contributed by atoms with van der Waals surface area (Å²) in [5, 5.41) is 3.85. The molecule has 0 fully saturated rings. The molecule has 4 N–H and O–H groups in total. The first-order valence-electron chi connectivity index (χ1n) is 5.41. The number of nitrogen functional groups attached to an aromatic ring is 1. The third-order valence-electron chi connectivity index (χ3n) is 2.49. The molecule has 0 radical (unpaired) electrons. The van der Waals surface area contributed by atoms with Crippen molar-refractivity contribution in [2.24, 2.45) is 10.7 Å². The van der Waals surface area contributed by atoms with E-state index >= 15 is 0 Å². The van der Waals surface area contributed by atoms with Crippen molar-refractivity contribution in [3.63, 3.8) is 0 Å². The maximum atomic E-state index is 5.55. The van der Waals surface area contributed by atoms with Gasteiger partial charge in [0, 0.05) is 36.7 Å².